The van der Waals surface area contributed by atoms with Crippen LogP contribution in [-0.2, 0) is 6.54 Å². The third kappa shape index (κ3) is 2.97. The summed E-state index contributed by atoms with van der Waals surface area (Å²) < 4.78 is 3.04. The minimum Gasteiger partial charge on any atom is -0.381 e. The Morgan fingerprint density at radius 3 is 2.76 bits per heavy atom. The molecular formula is C22H20N6O. The predicted octanol–water partition coefficient (Wildman–Crippen LogP) is 3.30. The molecule has 1 atom stereocenters. The number of anilines is 2. The molecule has 5 rings (SSSR count). The molecule has 3 N–H and O–H groups in total. The molecule has 0 bridgehead atoms. The van der Waals surface area contributed by atoms with E-state index in [2.05, 4.69) is 27.5 Å². The first-order valence-electron chi connectivity index (χ1n) is 9.53. The molecule has 1 aliphatic rings. The summed E-state index contributed by atoms with van der Waals surface area (Å²) in [5.41, 5.74) is 9.67. The molecule has 0 saturated heterocycles. The minimum absolute atomic E-state index is 0.124. The van der Waals surface area contributed by atoms with Crippen molar-refractivity contribution in [3.8, 4) is 0 Å². The van der Waals surface area contributed by atoms with Crippen molar-refractivity contribution < 1.29 is 0 Å². The lowest BCUT2D eigenvalue weighted by molar-refractivity contribution is 0.523. The standard InChI is InChI=1S/C22H20N6O/c23-20-21-26-28(16-10-5-2-6-11-16)22(29)27(21)18-13-7-12-17(19(18)25-20)24-14-15-8-3-1-4-9-15/h1-10,12-13,16,24H,11,14H2,(H2,23,25). The molecule has 1 unspecified atom stereocenters. The van der Waals surface area contributed by atoms with Crippen molar-refractivity contribution in [2.75, 3.05) is 11.1 Å². The van der Waals surface area contributed by atoms with Gasteiger partial charge in [0.05, 0.1) is 17.2 Å². The van der Waals surface area contributed by atoms with E-state index < -0.39 is 0 Å². The fourth-order valence-electron chi connectivity index (χ4n) is 3.67. The van der Waals surface area contributed by atoms with Gasteiger partial charge in [-0.2, -0.15) is 0 Å². The van der Waals surface area contributed by atoms with E-state index in [-0.39, 0.29) is 17.5 Å². The van der Waals surface area contributed by atoms with E-state index >= 15 is 0 Å². The molecule has 29 heavy (non-hydrogen) atoms. The quantitative estimate of drug-likeness (QED) is 0.563. The van der Waals surface area contributed by atoms with Crippen molar-refractivity contribution in [2.45, 2.75) is 19.0 Å². The number of hydrogen-bond acceptors (Lipinski definition) is 5. The maximum absolute atomic E-state index is 13.2. The van der Waals surface area contributed by atoms with Gasteiger partial charge in [-0.15, -0.1) is 5.10 Å². The SMILES string of the molecule is Nc1nc2c(NCc3ccccc3)cccc2n2c(=O)n(C3C=CC=CC3)nc12. The molecule has 2 heterocycles. The zero-order chi connectivity index (χ0) is 19.8. The van der Waals surface area contributed by atoms with Crippen LogP contribution < -0.4 is 16.7 Å². The molecule has 144 valence electrons. The van der Waals surface area contributed by atoms with Gasteiger partial charge < -0.3 is 11.1 Å². The van der Waals surface area contributed by atoms with Crippen molar-refractivity contribution >= 4 is 28.2 Å². The normalized spacial score (nSPS) is 15.9. The van der Waals surface area contributed by atoms with Gasteiger partial charge in [0, 0.05) is 6.54 Å². The number of nitrogens with one attached hydrogen (secondary N) is 1. The first kappa shape index (κ1) is 17.2. The zero-order valence-corrected chi connectivity index (χ0v) is 15.7. The summed E-state index contributed by atoms with van der Waals surface area (Å²) in [4.78, 5) is 17.7. The van der Waals surface area contributed by atoms with Crippen molar-refractivity contribution in [1.82, 2.24) is 19.2 Å². The number of hydrogen-bond donors (Lipinski definition) is 2. The topological polar surface area (TPSA) is 90.2 Å². The second kappa shape index (κ2) is 6.94. The fourth-order valence-corrected chi connectivity index (χ4v) is 3.67. The number of allylic oxidation sites excluding steroid dienone is 4. The Kier molecular flexibility index (Phi) is 4.13. The molecule has 0 spiro atoms. The zero-order valence-electron chi connectivity index (χ0n) is 15.7. The molecule has 2 aromatic heterocycles. The van der Waals surface area contributed by atoms with Gasteiger partial charge >= 0.3 is 5.69 Å². The number of rotatable bonds is 4. The van der Waals surface area contributed by atoms with Crippen LogP contribution in [0.1, 0.15) is 18.0 Å². The number of fused-ring (bicyclic) bond motifs is 3. The summed E-state index contributed by atoms with van der Waals surface area (Å²) in [6.45, 7) is 0.646. The van der Waals surface area contributed by atoms with Crippen molar-refractivity contribution in [3.05, 3.63) is 88.9 Å². The Balaban J connectivity index is 1.63. The Morgan fingerprint density at radius 1 is 1.10 bits per heavy atom. The minimum atomic E-state index is -0.218. The number of para-hydroxylation sites is 1. The predicted molar refractivity (Wildman–Crippen MR) is 115 cm³/mol. The van der Waals surface area contributed by atoms with E-state index in [0.29, 0.717) is 23.2 Å². The molecule has 7 heteroatoms. The highest BCUT2D eigenvalue weighted by molar-refractivity contribution is 5.91. The number of nitrogens with zero attached hydrogens (tertiary/aromatic N) is 4. The van der Waals surface area contributed by atoms with E-state index in [0.717, 1.165) is 17.7 Å². The van der Waals surface area contributed by atoms with Gasteiger partial charge in [-0.05, 0) is 24.1 Å². The molecule has 1 aliphatic carbocycles. The van der Waals surface area contributed by atoms with E-state index in [1.807, 2.05) is 60.7 Å². The summed E-state index contributed by atoms with van der Waals surface area (Å²) in [6, 6.07) is 15.7. The molecular weight excluding hydrogens is 364 g/mol. The van der Waals surface area contributed by atoms with Gasteiger partial charge in [0.15, 0.2) is 5.82 Å². The molecule has 0 saturated carbocycles. The Morgan fingerprint density at radius 2 is 1.97 bits per heavy atom. The van der Waals surface area contributed by atoms with E-state index in [4.69, 9.17) is 5.73 Å². The second-order valence-electron chi connectivity index (χ2n) is 7.01. The largest absolute Gasteiger partial charge is 0.381 e. The summed E-state index contributed by atoms with van der Waals surface area (Å²) in [5.74, 6) is 0.234. The van der Waals surface area contributed by atoms with Gasteiger partial charge in [0.1, 0.15) is 5.52 Å². The Bertz CT molecular complexity index is 1320. The summed E-state index contributed by atoms with van der Waals surface area (Å²) in [6.07, 6.45) is 8.59. The van der Waals surface area contributed by atoms with Gasteiger partial charge in [0.2, 0.25) is 5.65 Å². The van der Waals surface area contributed by atoms with Crippen LogP contribution in [0, 0.1) is 0 Å². The smallest absolute Gasteiger partial charge is 0.351 e. The highest BCUT2D eigenvalue weighted by atomic mass is 16.2. The average molecular weight is 384 g/mol. The van der Waals surface area contributed by atoms with Crippen LogP contribution in [0.2, 0.25) is 0 Å². The third-order valence-electron chi connectivity index (χ3n) is 5.12. The molecule has 0 aliphatic heterocycles. The van der Waals surface area contributed by atoms with Gasteiger partial charge in [-0.1, -0.05) is 60.7 Å². The maximum atomic E-state index is 13.2. The summed E-state index contributed by atoms with van der Waals surface area (Å²) in [5, 5.41) is 7.89. The summed E-state index contributed by atoms with van der Waals surface area (Å²) in [7, 11) is 0. The van der Waals surface area contributed by atoms with E-state index in [1.165, 1.54) is 4.68 Å². The Hall–Kier alpha value is -3.87. The maximum Gasteiger partial charge on any atom is 0.351 e. The van der Waals surface area contributed by atoms with E-state index in [9.17, 15) is 4.79 Å². The molecule has 7 nitrogen and oxygen atoms in total. The van der Waals surface area contributed by atoms with Crippen LogP contribution in [-0.4, -0.2) is 19.2 Å². The van der Waals surface area contributed by atoms with Crippen molar-refractivity contribution in [1.29, 1.82) is 0 Å². The fraction of sp³-hybridized carbons (Fsp3) is 0.136. The van der Waals surface area contributed by atoms with Gasteiger partial charge in [0.25, 0.3) is 0 Å². The van der Waals surface area contributed by atoms with Crippen LogP contribution in [0.15, 0.2) is 77.6 Å². The second-order valence-corrected chi connectivity index (χ2v) is 7.01. The number of benzene rings is 2. The highest BCUT2D eigenvalue weighted by Crippen LogP contribution is 2.25. The molecule has 0 radical (unpaired) electrons. The number of aromatic nitrogens is 4. The summed E-state index contributed by atoms with van der Waals surface area (Å²) >= 11 is 0. The van der Waals surface area contributed by atoms with Crippen LogP contribution in [0.5, 0.6) is 0 Å². The molecule has 0 amide bonds. The highest BCUT2D eigenvalue weighted by Gasteiger charge is 2.20. The van der Waals surface area contributed by atoms with Crippen LogP contribution in [0.4, 0.5) is 11.5 Å². The van der Waals surface area contributed by atoms with Crippen molar-refractivity contribution in [3.63, 3.8) is 0 Å². The molecule has 4 aromatic rings. The van der Waals surface area contributed by atoms with Crippen LogP contribution >= 0.6 is 0 Å². The molecule has 2 aromatic carbocycles. The number of nitrogen functional groups attached to an aromatic ring is 1. The van der Waals surface area contributed by atoms with Crippen LogP contribution in [0.3, 0.4) is 0 Å². The van der Waals surface area contributed by atoms with Gasteiger partial charge in [-0.3, -0.25) is 0 Å². The Labute approximate surface area is 166 Å². The van der Waals surface area contributed by atoms with Crippen molar-refractivity contribution in [2.24, 2.45) is 0 Å². The first-order valence-corrected chi connectivity index (χ1v) is 9.53. The monoisotopic (exact) mass is 384 g/mol. The van der Waals surface area contributed by atoms with Gasteiger partial charge in [-0.25, -0.2) is 18.9 Å². The third-order valence-corrected chi connectivity index (χ3v) is 5.12. The lowest BCUT2D eigenvalue weighted by Gasteiger charge is -2.11. The van der Waals surface area contributed by atoms with Crippen LogP contribution in [0.25, 0.3) is 16.7 Å². The number of nitrogens with two attached hydrogens (primary N) is 1. The molecule has 0 fully saturated rings. The van der Waals surface area contributed by atoms with E-state index in [1.54, 1.807) is 4.40 Å². The lowest BCUT2D eigenvalue weighted by Crippen LogP contribution is -2.25. The lowest BCUT2D eigenvalue weighted by atomic mass is 10.1. The average Bonchev–Trinajstić information content (AvgIpc) is 3.12. The first-order chi connectivity index (χ1) is 14.2.